The Morgan fingerprint density at radius 2 is 2.06 bits per heavy atom. The molecule has 0 heterocycles. The standard InChI is InChI=1S/C10H7BrClF3O2/c1-2-17-9(16)7-5(10(13,14)15)3-4-6(11)8(7)12/h3-4H,2H2,1H3. The van der Waals surface area contributed by atoms with Crippen LogP contribution in [-0.4, -0.2) is 12.6 Å². The Hall–Kier alpha value is -0.750. The molecule has 94 valence electrons. The average molecular weight is 332 g/mol. The Morgan fingerprint density at radius 1 is 1.47 bits per heavy atom. The zero-order chi connectivity index (χ0) is 13.2. The molecule has 0 aliphatic rings. The lowest BCUT2D eigenvalue weighted by atomic mass is 10.1. The highest BCUT2D eigenvalue weighted by molar-refractivity contribution is 9.10. The summed E-state index contributed by atoms with van der Waals surface area (Å²) in [6.45, 7) is 1.47. The van der Waals surface area contributed by atoms with Gasteiger partial charge in [0.05, 0.1) is 22.8 Å². The number of esters is 1. The van der Waals surface area contributed by atoms with Crippen molar-refractivity contribution in [2.45, 2.75) is 13.1 Å². The Morgan fingerprint density at radius 3 is 2.53 bits per heavy atom. The molecule has 1 rings (SSSR count). The van der Waals surface area contributed by atoms with Gasteiger partial charge in [0.1, 0.15) is 0 Å². The minimum atomic E-state index is -4.66. The zero-order valence-electron chi connectivity index (χ0n) is 8.57. The van der Waals surface area contributed by atoms with Gasteiger partial charge < -0.3 is 4.74 Å². The lowest BCUT2D eigenvalue weighted by molar-refractivity contribution is -0.138. The van der Waals surface area contributed by atoms with Crippen molar-refractivity contribution in [2.75, 3.05) is 6.61 Å². The van der Waals surface area contributed by atoms with Gasteiger partial charge in [-0.2, -0.15) is 13.2 Å². The van der Waals surface area contributed by atoms with E-state index in [0.29, 0.717) is 0 Å². The highest BCUT2D eigenvalue weighted by atomic mass is 79.9. The topological polar surface area (TPSA) is 26.3 Å². The van der Waals surface area contributed by atoms with Gasteiger partial charge in [-0.15, -0.1) is 0 Å². The fourth-order valence-corrected chi connectivity index (χ4v) is 1.76. The summed E-state index contributed by atoms with van der Waals surface area (Å²) in [6.07, 6.45) is -4.66. The Kier molecular flexibility index (Phi) is 4.43. The van der Waals surface area contributed by atoms with Crippen LogP contribution in [0.2, 0.25) is 5.02 Å². The molecule has 0 amide bonds. The fourth-order valence-electron chi connectivity index (χ4n) is 1.19. The minimum Gasteiger partial charge on any atom is -0.462 e. The molecule has 0 saturated heterocycles. The molecule has 0 saturated carbocycles. The van der Waals surface area contributed by atoms with Crippen LogP contribution in [0.5, 0.6) is 0 Å². The Bertz CT molecular complexity index is 446. The molecule has 0 spiro atoms. The first-order valence-electron chi connectivity index (χ1n) is 4.51. The molecule has 17 heavy (non-hydrogen) atoms. The smallest absolute Gasteiger partial charge is 0.417 e. The molecule has 7 heteroatoms. The van der Waals surface area contributed by atoms with E-state index in [2.05, 4.69) is 20.7 Å². The van der Waals surface area contributed by atoms with Crippen LogP contribution in [-0.2, 0) is 10.9 Å². The Balaban J connectivity index is 3.42. The van der Waals surface area contributed by atoms with Crippen LogP contribution >= 0.6 is 27.5 Å². The number of benzene rings is 1. The number of carbonyl (C=O) groups excluding carboxylic acids is 1. The summed E-state index contributed by atoms with van der Waals surface area (Å²) >= 11 is 8.65. The van der Waals surface area contributed by atoms with E-state index >= 15 is 0 Å². The molecule has 0 aromatic heterocycles. The largest absolute Gasteiger partial charge is 0.462 e. The van der Waals surface area contributed by atoms with Crippen molar-refractivity contribution in [3.05, 3.63) is 32.8 Å². The third-order valence-corrected chi connectivity index (χ3v) is 3.16. The Labute approximate surface area is 109 Å². The summed E-state index contributed by atoms with van der Waals surface area (Å²) in [5.74, 6) is -1.09. The minimum absolute atomic E-state index is 0.0288. The second-order valence-electron chi connectivity index (χ2n) is 3.00. The van der Waals surface area contributed by atoms with E-state index in [1.807, 2.05) is 0 Å². The number of hydrogen-bond acceptors (Lipinski definition) is 2. The van der Waals surface area contributed by atoms with E-state index in [1.165, 1.54) is 6.92 Å². The summed E-state index contributed by atoms with van der Waals surface area (Å²) in [4.78, 5) is 11.5. The summed E-state index contributed by atoms with van der Waals surface area (Å²) in [7, 11) is 0. The molecule has 0 N–H and O–H groups in total. The van der Waals surface area contributed by atoms with Crippen LogP contribution in [0.15, 0.2) is 16.6 Å². The van der Waals surface area contributed by atoms with E-state index in [-0.39, 0.29) is 16.1 Å². The summed E-state index contributed by atoms with van der Waals surface area (Å²) in [5, 5.41) is -0.307. The molecular weight excluding hydrogens is 324 g/mol. The average Bonchev–Trinajstić information content (AvgIpc) is 2.20. The van der Waals surface area contributed by atoms with Crippen LogP contribution in [0.1, 0.15) is 22.8 Å². The molecule has 2 nitrogen and oxygen atoms in total. The molecule has 0 fully saturated rings. The van der Waals surface area contributed by atoms with Crippen LogP contribution in [0, 0.1) is 0 Å². The number of hydrogen-bond donors (Lipinski definition) is 0. The van der Waals surface area contributed by atoms with Crippen LogP contribution in [0.3, 0.4) is 0 Å². The highest BCUT2D eigenvalue weighted by Gasteiger charge is 2.37. The van der Waals surface area contributed by atoms with Gasteiger partial charge in [-0.25, -0.2) is 4.79 Å². The number of halogens is 5. The van der Waals surface area contributed by atoms with Gasteiger partial charge in [0.2, 0.25) is 0 Å². The quantitative estimate of drug-likeness (QED) is 0.755. The maximum absolute atomic E-state index is 12.7. The van der Waals surface area contributed by atoms with E-state index in [9.17, 15) is 18.0 Å². The predicted molar refractivity (Wildman–Crippen MR) is 60.1 cm³/mol. The van der Waals surface area contributed by atoms with Gasteiger partial charge in [0.15, 0.2) is 0 Å². The second-order valence-corrected chi connectivity index (χ2v) is 4.23. The number of alkyl halides is 3. The van der Waals surface area contributed by atoms with Crippen molar-refractivity contribution in [1.29, 1.82) is 0 Å². The van der Waals surface area contributed by atoms with Gasteiger partial charge in [-0.05, 0) is 35.0 Å². The van der Waals surface area contributed by atoms with E-state index in [4.69, 9.17) is 11.6 Å². The summed E-state index contributed by atoms with van der Waals surface area (Å²) < 4.78 is 42.8. The lowest BCUT2D eigenvalue weighted by Crippen LogP contribution is -2.16. The first kappa shape index (κ1) is 14.3. The highest BCUT2D eigenvalue weighted by Crippen LogP contribution is 2.38. The fraction of sp³-hybridized carbons (Fsp3) is 0.300. The number of ether oxygens (including phenoxy) is 1. The normalized spacial score (nSPS) is 11.4. The molecule has 1 aromatic rings. The van der Waals surface area contributed by atoms with Crippen molar-refractivity contribution < 1.29 is 22.7 Å². The van der Waals surface area contributed by atoms with Gasteiger partial charge >= 0.3 is 12.1 Å². The van der Waals surface area contributed by atoms with Crippen molar-refractivity contribution in [1.82, 2.24) is 0 Å². The summed E-state index contributed by atoms with van der Waals surface area (Å²) in [5.41, 5.74) is -1.78. The predicted octanol–water partition coefficient (Wildman–Crippen LogP) is 4.30. The maximum atomic E-state index is 12.7. The molecule has 0 unspecified atom stereocenters. The third kappa shape index (κ3) is 3.13. The molecule has 1 aromatic carbocycles. The van der Waals surface area contributed by atoms with E-state index < -0.39 is 23.3 Å². The van der Waals surface area contributed by atoms with Crippen LogP contribution in [0.25, 0.3) is 0 Å². The SMILES string of the molecule is CCOC(=O)c1c(C(F)(F)F)ccc(Br)c1Cl. The van der Waals surface area contributed by atoms with Crippen molar-refractivity contribution in [3.63, 3.8) is 0 Å². The van der Waals surface area contributed by atoms with Gasteiger partial charge in [0, 0.05) is 4.47 Å². The first-order valence-corrected chi connectivity index (χ1v) is 5.68. The molecule has 0 aliphatic heterocycles. The van der Waals surface area contributed by atoms with Crippen molar-refractivity contribution in [2.24, 2.45) is 0 Å². The van der Waals surface area contributed by atoms with Crippen LogP contribution < -0.4 is 0 Å². The summed E-state index contributed by atoms with van der Waals surface area (Å²) in [6, 6.07) is 1.91. The molecule has 0 bridgehead atoms. The molecule has 0 atom stereocenters. The van der Waals surface area contributed by atoms with E-state index in [1.54, 1.807) is 0 Å². The number of rotatable bonds is 2. The van der Waals surface area contributed by atoms with Gasteiger partial charge in [-0.1, -0.05) is 11.6 Å². The van der Waals surface area contributed by atoms with Crippen molar-refractivity contribution >= 4 is 33.5 Å². The van der Waals surface area contributed by atoms with Crippen LogP contribution in [0.4, 0.5) is 13.2 Å². The molecule has 0 aliphatic carbocycles. The van der Waals surface area contributed by atoms with E-state index in [0.717, 1.165) is 12.1 Å². The first-order chi connectivity index (χ1) is 7.79. The number of carbonyl (C=O) groups is 1. The third-order valence-electron chi connectivity index (χ3n) is 1.88. The van der Waals surface area contributed by atoms with Gasteiger partial charge in [0.25, 0.3) is 0 Å². The molecular formula is C10H7BrClF3O2. The second kappa shape index (κ2) is 5.27. The van der Waals surface area contributed by atoms with Crippen molar-refractivity contribution in [3.8, 4) is 0 Å². The van der Waals surface area contributed by atoms with Gasteiger partial charge in [-0.3, -0.25) is 0 Å². The monoisotopic (exact) mass is 330 g/mol. The zero-order valence-corrected chi connectivity index (χ0v) is 10.9. The lowest BCUT2D eigenvalue weighted by Gasteiger charge is -2.14. The maximum Gasteiger partial charge on any atom is 0.417 e. The molecule has 0 radical (unpaired) electrons.